The van der Waals surface area contributed by atoms with Gasteiger partial charge in [0.05, 0.1) is 22.9 Å². The highest BCUT2D eigenvalue weighted by Crippen LogP contribution is 2.36. The number of nitriles is 1. The van der Waals surface area contributed by atoms with Gasteiger partial charge in [-0.2, -0.15) is 5.26 Å². The predicted molar refractivity (Wildman–Crippen MR) is 219 cm³/mol. The summed E-state index contributed by atoms with van der Waals surface area (Å²) >= 11 is 0. The van der Waals surface area contributed by atoms with Gasteiger partial charge in [-0.15, -0.1) is 0 Å². The van der Waals surface area contributed by atoms with Crippen LogP contribution in [0.2, 0.25) is 0 Å². The van der Waals surface area contributed by atoms with E-state index < -0.39 is 0 Å². The first-order chi connectivity index (χ1) is 26.7. The van der Waals surface area contributed by atoms with Crippen LogP contribution in [0.25, 0.3) is 66.5 Å². The van der Waals surface area contributed by atoms with Crippen LogP contribution in [-0.2, 0) is 0 Å². The van der Waals surface area contributed by atoms with Crippen LogP contribution in [0.1, 0.15) is 28.4 Å². The van der Waals surface area contributed by atoms with Crippen molar-refractivity contribution in [2.45, 2.75) is 6.17 Å². The van der Waals surface area contributed by atoms with Gasteiger partial charge in [0.1, 0.15) is 17.3 Å². The van der Waals surface area contributed by atoms with Crippen molar-refractivity contribution in [1.82, 2.24) is 9.88 Å². The summed E-state index contributed by atoms with van der Waals surface area (Å²) in [4.78, 5) is 5.26. The Kier molecular flexibility index (Phi) is 7.52. The molecule has 5 heteroatoms. The standard InChI is InChI=1S/C49H32N4O/c50-31-32-17-20-46-40(25-32)23-24-53(46)41-19-22-48-43(29-41)42-28-37(18-21-47(42)54-48)36-14-8-16-39(27-36)45-30-44(51-49(52-45)34-11-5-2-6-12-34)38-15-7-13-35(26-38)33-9-3-1-4-10-33/h1-30,49,51H. The van der Waals surface area contributed by atoms with E-state index in [0.717, 1.165) is 77.8 Å². The quantitative estimate of drug-likeness (QED) is 0.189. The highest BCUT2D eigenvalue weighted by Gasteiger charge is 2.20. The number of furan rings is 1. The number of nitrogens with one attached hydrogen (secondary N) is 1. The minimum Gasteiger partial charge on any atom is -0.456 e. The summed E-state index contributed by atoms with van der Waals surface area (Å²) in [6.45, 7) is 0. The first kappa shape index (κ1) is 31.3. The SMILES string of the molecule is N#Cc1ccc2c(ccn2-c2ccc3oc4ccc(-c5cccc(C6=NC(c7ccccc7)NC(c7cccc(-c8ccccc8)c7)=C6)c5)cc4c3c2)c1. The Labute approximate surface area is 312 Å². The fourth-order valence-corrected chi connectivity index (χ4v) is 7.54. The molecule has 0 radical (unpaired) electrons. The highest BCUT2D eigenvalue weighted by molar-refractivity contribution is 6.14. The molecule has 2 aromatic heterocycles. The summed E-state index contributed by atoms with van der Waals surface area (Å²) < 4.78 is 8.47. The zero-order chi connectivity index (χ0) is 36.0. The smallest absolute Gasteiger partial charge is 0.145 e. The number of allylic oxidation sites excluding steroid dienone is 1. The monoisotopic (exact) mass is 692 g/mol. The average Bonchev–Trinajstić information content (AvgIpc) is 3.85. The number of aromatic nitrogens is 1. The molecular weight excluding hydrogens is 661 g/mol. The topological polar surface area (TPSA) is 66.2 Å². The Morgan fingerprint density at radius 3 is 2.06 bits per heavy atom. The molecule has 0 saturated carbocycles. The van der Waals surface area contributed by atoms with Gasteiger partial charge in [0.2, 0.25) is 0 Å². The summed E-state index contributed by atoms with van der Waals surface area (Å²) in [6.07, 6.45) is 3.99. The average molecular weight is 693 g/mol. The Bertz CT molecular complexity index is 2980. The summed E-state index contributed by atoms with van der Waals surface area (Å²) in [5.41, 5.74) is 14.2. The minimum absolute atomic E-state index is 0.237. The van der Waals surface area contributed by atoms with E-state index in [4.69, 9.17) is 9.41 Å². The number of hydrogen-bond acceptors (Lipinski definition) is 4. The van der Waals surface area contributed by atoms with Crippen LogP contribution >= 0.6 is 0 Å². The molecule has 0 spiro atoms. The molecule has 0 fully saturated rings. The third-order valence-corrected chi connectivity index (χ3v) is 10.3. The molecule has 7 aromatic carbocycles. The zero-order valence-electron chi connectivity index (χ0n) is 29.1. The van der Waals surface area contributed by atoms with E-state index in [-0.39, 0.29) is 6.17 Å². The summed E-state index contributed by atoms with van der Waals surface area (Å²) in [6, 6.07) is 61.0. The maximum atomic E-state index is 9.37. The molecule has 0 bridgehead atoms. The largest absolute Gasteiger partial charge is 0.456 e. The molecule has 1 N–H and O–H groups in total. The van der Waals surface area contributed by atoms with Gasteiger partial charge in [0.15, 0.2) is 0 Å². The van der Waals surface area contributed by atoms with Crippen LogP contribution in [0.15, 0.2) is 192 Å². The Morgan fingerprint density at radius 2 is 1.24 bits per heavy atom. The molecular formula is C49H32N4O. The maximum absolute atomic E-state index is 9.37. The minimum atomic E-state index is -0.237. The molecule has 54 heavy (non-hydrogen) atoms. The van der Waals surface area contributed by atoms with Gasteiger partial charge in [0.25, 0.3) is 0 Å². The summed E-state index contributed by atoms with van der Waals surface area (Å²) in [7, 11) is 0. The third-order valence-electron chi connectivity index (χ3n) is 10.3. The van der Waals surface area contributed by atoms with Gasteiger partial charge in [-0.25, -0.2) is 0 Å². The lowest BCUT2D eigenvalue weighted by Crippen LogP contribution is -2.24. The normalized spacial score (nSPS) is 14.1. The number of hydrogen-bond donors (Lipinski definition) is 1. The predicted octanol–water partition coefficient (Wildman–Crippen LogP) is 11.9. The van der Waals surface area contributed by atoms with Gasteiger partial charge in [-0.1, -0.05) is 103 Å². The van der Waals surface area contributed by atoms with Crippen LogP contribution in [0.4, 0.5) is 0 Å². The fourth-order valence-electron chi connectivity index (χ4n) is 7.54. The van der Waals surface area contributed by atoms with Crippen molar-refractivity contribution in [3.63, 3.8) is 0 Å². The second-order valence-corrected chi connectivity index (χ2v) is 13.6. The van der Waals surface area contributed by atoms with E-state index in [9.17, 15) is 5.26 Å². The zero-order valence-corrected chi connectivity index (χ0v) is 29.1. The summed E-state index contributed by atoms with van der Waals surface area (Å²) in [5, 5.41) is 16.2. The maximum Gasteiger partial charge on any atom is 0.145 e. The van der Waals surface area contributed by atoms with E-state index in [1.165, 1.54) is 11.1 Å². The molecule has 0 amide bonds. The third kappa shape index (κ3) is 5.63. The van der Waals surface area contributed by atoms with E-state index in [0.29, 0.717) is 5.56 Å². The van der Waals surface area contributed by atoms with Gasteiger partial charge in [-0.05, 0) is 106 Å². The van der Waals surface area contributed by atoms with Crippen molar-refractivity contribution in [3.05, 3.63) is 204 Å². The second-order valence-electron chi connectivity index (χ2n) is 13.6. The van der Waals surface area contributed by atoms with Crippen LogP contribution in [0.5, 0.6) is 0 Å². The van der Waals surface area contributed by atoms with Gasteiger partial charge in [-0.3, -0.25) is 4.99 Å². The first-order valence-corrected chi connectivity index (χ1v) is 18.0. The van der Waals surface area contributed by atoms with Crippen molar-refractivity contribution >= 4 is 44.3 Å². The number of benzene rings is 7. The van der Waals surface area contributed by atoms with Crippen LogP contribution in [0.3, 0.4) is 0 Å². The number of fused-ring (bicyclic) bond motifs is 4. The van der Waals surface area contributed by atoms with E-state index in [1.807, 2.05) is 42.5 Å². The van der Waals surface area contributed by atoms with Gasteiger partial charge in [0, 0.05) is 39.3 Å². The molecule has 10 rings (SSSR count). The molecule has 1 atom stereocenters. The highest BCUT2D eigenvalue weighted by atomic mass is 16.3. The Balaban J connectivity index is 1.04. The number of rotatable bonds is 6. The molecule has 254 valence electrons. The van der Waals surface area contributed by atoms with Gasteiger partial charge < -0.3 is 14.3 Å². The molecule has 1 aliphatic rings. The second kappa shape index (κ2) is 13.0. The van der Waals surface area contributed by atoms with Crippen molar-refractivity contribution in [2.24, 2.45) is 4.99 Å². The first-order valence-electron chi connectivity index (χ1n) is 18.0. The van der Waals surface area contributed by atoms with Crippen molar-refractivity contribution < 1.29 is 4.42 Å². The van der Waals surface area contributed by atoms with E-state index in [2.05, 4.69) is 156 Å². The Morgan fingerprint density at radius 1 is 0.574 bits per heavy atom. The lowest BCUT2D eigenvalue weighted by atomic mass is 9.96. The molecule has 3 heterocycles. The van der Waals surface area contributed by atoms with Gasteiger partial charge >= 0.3 is 0 Å². The molecule has 5 nitrogen and oxygen atoms in total. The fraction of sp³-hybridized carbons (Fsp3) is 0.0204. The lowest BCUT2D eigenvalue weighted by Gasteiger charge is -2.25. The van der Waals surface area contributed by atoms with Crippen molar-refractivity contribution in [1.29, 1.82) is 5.26 Å². The lowest BCUT2D eigenvalue weighted by molar-refractivity contribution is 0.664. The van der Waals surface area contributed by atoms with E-state index >= 15 is 0 Å². The summed E-state index contributed by atoms with van der Waals surface area (Å²) in [5.74, 6) is 0. The van der Waals surface area contributed by atoms with Crippen LogP contribution in [-0.4, -0.2) is 10.3 Å². The molecule has 1 unspecified atom stereocenters. The van der Waals surface area contributed by atoms with Crippen LogP contribution < -0.4 is 5.32 Å². The van der Waals surface area contributed by atoms with Crippen molar-refractivity contribution in [2.75, 3.05) is 0 Å². The number of aliphatic imine (C=N–C) groups is 1. The molecule has 0 aliphatic carbocycles. The van der Waals surface area contributed by atoms with Crippen molar-refractivity contribution in [3.8, 4) is 34.0 Å². The molecule has 1 aliphatic heterocycles. The van der Waals surface area contributed by atoms with E-state index in [1.54, 1.807) is 0 Å². The molecule has 0 saturated heterocycles. The number of nitrogens with zero attached hydrogens (tertiary/aromatic N) is 3. The van der Waals surface area contributed by atoms with Crippen LogP contribution in [0, 0.1) is 11.3 Å². The Hall–Kier alpha value is -7.42. The molecule has 9 aromatic rings.